The first-order valence-corrected chi connectivity index (χ1v) is 28.8. The largest absolute Gasteiger partial charge is 0.457 e. The molecule has 0 aromatic carbocycles. The highest BCUT2D eigenvalue weighted by Crippen LogP contribution is 2.26. The molecule has 1 aliphatic heterocycles. The summed E-state index contributed by atoms with van der Waals surface area (Å²) in [6.07, 6.45) is 48.8. The molecule has 1 fully saturated rings. The fourth-order valence-electron chi connectivity index (χ4n) is 8.37. The molecule has 68 heavy (non-hydrogen) atoms. The Labute approximate surface area is 415 Å². The zero-order chi connectivity index (χ0) is 49.6. The van der Waals surface area contributed by atoms with Crippen molar-refractivity contribution in [3.8, 4) is 0 Å². The van der Waals surface area contributed by atoms with Crippen molar-refractivity contribution in [2.75, 3.05) is 26.4 Å². The van der Waals surface area contributed by atoms with Gasteiger partial charge in [0, 0.05) is 13.0 Å². The van der Waals surface area contributed by atoms with Gasteiger partial charge in [0.1, 0.15) is 30.5 Å². The summed E-state index contributed by atoms with van der Waals surface area (Å²) in [5.41, 5.74) is 0. The van der Waals surface area contributed by atoms with Crippen LogP contribution in [-0.2, 0) is 38.3 Å². The van der Waals surface area contributed by atoms with Gasteiger partial charge in [0.15, 0.2) is 6.29 Å². The quantitative estimate of drug-likeness (QED) is 0.0197. The molecule has 4 N–H and O–H groups in total. The van der Waals surface area contributed by atoms with Crippen LogP contribution < -0.4 is 0 Å². The van der Waals surface area contributed by atoms with Crippen LogP contribution in [0.4, 0.5) is 0 Å². The minimum Gasteiger partial charge on any atom is -0.457 e. The normalized spacial score (nSPS) is 19.6. The molecule has 1 rings (SSSR count). The van der Waals surface area contributed by atoms with Crippen LogP contribution >= 0.6 is 0 Å². The van der Waals surface area contributed by atoms with E-state index in [0.717, 1.165) is 70.6 Å². The Balaban J connectivity index is 2.30. The lowest BCUT2D eigenvalue weighted by Gasteiger charge is -2.41. The molecule has 0 bridgehead atoms. The molecule has 0 aromatic heterocycles. The molecule has 0 aromatic rings. The molecule has 13 heteroatoms. The van der Waals surface area contributed by atoms with Crippen molar-refractivity contribution in [2.45, 2.75) is 269 Å². The maximum atomic E-state index is 12.9. The van der Waals surface area contributed by atoms with Crippen molar-refractivity contribution >= 4 is 16.4 Å². The second-order valence-corrected chi connectivity index (χ2v) is 19.8. The van der Waals surface area contributed by atoms with Crippen LogP contribution in [0.25, 0.3) is 0 Å². The number of ether oxygens (including phenoxy) is 4. The first-order valence-electron chi connectivity index (χ1n) is 27.4. The molecule has 6 unspecified atom stereocenters. The van der Waals surface area contributed by atoms with E-state index in [0.29, 0.717) is 13.0 Å². The van der Waals surface area contributed by atoms with Gasteiger partial charge >= 0.3 is 16.4 Å². The third kappa shape index (κ3) is 38.8. The standard InChI is InChI=1S/C55H100O12S/c1-3-5-7-9-11-13-15-17-19-21-22-23-24-25-26-27-28-29-30-32-34-36-38-40-42-44-51(57)65-49(48-64-55-53(59)54(67-68(60,61)62)52(58)50(46-56)66-55)47-63-45-43-41-39-37-35-33-31-20-18-16-14-12-10-8-6-4-2/h6,8,12,14,18,20,33,35,49-50,52-56,58-59H,3-5,7,9-11,13,15-17,19,21-32,34,36-48H2,1-2H3,(H,60,61,62)/b8-6-,14-12-,20-18-,35-33-. The number of carbonyl (C=O) groups excluding carboxylic acids is 1. The predicted octanol–water partition coefficient (Wildman–Crippen LogP) is 13.1. The van der Waals surface area contributed by atoms with Gasteiger partial charge < -0.3 is 34.3 Å². The van der Waals surface area contributed by atoms with Gasteiger partial charge in [-0.1, -0.05) is 223 Å². The van der Waals surface area contributed by atoms with Crippen molar-refractivity contribution in [1.29, 1.82) is 0 Å². The van der Waals surface area contributed by atoms with Crippen LogP contribution in [0.1, 0.15) is 232 Å². The fraction of sp³-hybridized carbons (Fsp3) is 0.836. The van der Waals surface area contributed by atoms with Crippen molar-refractivity contribution in [2.24, 2.45) is 0 Å². The first-order chi connectivity index (χ1) is 33.1. The number of unbranched alkanes of at least 4 members (excludes halogenated alkanes) is 27. The third-order valence-corrected chi connectivity index (χ3v) is 12.9. The van der Waals surface area contributed by atoms with E-state index in [9.17, 15) is 33.1 Å². The Bertz CT molecular complexity index is 1370. The van der Waals surface area contributed by atoms with E-state index in [1.165, 1.54) is 135 Å². The van der Waals surface area contributed by atoms with Gasteiger partial charge in [0.25, 0.3) is 0 Å². The first kappa shape index (κ1) is 64.1. The molecule has 1 aliphatic rings. The van der Waals surface area contributed by atoms with Crippen LogP contribution in [0.5, 0.6) is 0 Å². The summed E-state index contributed by atoms with van der Waals surface area (Å²) in [6.45, 7) is 3.84. The Morgan fingerprint density at radius 1 is 0.574 bits per heavy atom. The number of carbonyl (C=O) groups is 1. The van der Waals surface area contributed by atoms with Crippen LogP contribution in [0.15, 0.2) is 48.6 Å². The molecule has 0 radical (unpaired) electrons. The third-order valence-electron chi connectivity index (χ3n) is 12.5. The van der Waals surface area contributed by atoms with Gasteiger partial charge in [-0.05, 0) is 51.4 Å². The summed E-state index contributed by atoms with van der Waals surface area (Å²) in [4.78, 5) is 12.9. The van der Waals surface area contributed by atoms with Gasteiger partial charge in [-0.2, -0.15) is 8.42 Å². The average molecular weight is 985 g/mol. The Hall–Kier alpha value is -1.94. The molecule has 6 atom stereocenters. The highest BCUT2D eigenvalue weighted by Gasteiger charge is 2.48. The van der Waals surface area contributed by atoms with Gasteiger partial charge in [0.2, 0.25) is 0 Å². The lowest BCUT2D eigenvalue weighted by molar-refractivity contribution is -0.301. The Morgan fingerprint density at radius 2 is 1.01 bits per heavy atom. The summed E-state index contributed by atoms with van der Waals surface area (Å²) in [6, 6.07) is 0. The summed E-state index contributed by atoms with van der Waals surface area (Å²) >= 11 is 0. The average Bonchev–Trinajstić information content (AvgIpc) is 3.31. The van der Waals surface area contributed by atoms with E-state index >= 15 is 0 Å². The van der Waals surface area contributed by atoms with Crippen LogP contribution in [0.2, 0.25) is 0 Å². The minimum absolute atomic E-state index is 0.0158. The molecule has 1 saturated heterocycles. The Morgan fingerprint density at radius 3 is 1.47 bits per heavy atom. The van der Waals surface area contributed by atoms with E-state index in [1.54, 1.807) is 0 Å². The SMILES string of the molecule is CC/C=C\C/C=C\C/C=C\C/C=C\CCCCCOCC(COC1OC(CO)C(O)C(OS(=O)(=O)O)C1O)OC(=O)CCCCCCCCCCCCCCCCCCCCCCCCCCC. The number of rotatable bonds is 48. The molecule has 0 spiro atoms. The van der Waals surface area contributed by atoms with Crippen molar-refractivity contribution in [3.05, 3.63) is 48.6 Å². The second-order valence-electron chi connectivity index (χ2n) is 18.8. The van der Waals surface area contributed by atoms with Crippen LogP contribution in [-0.4, -0.2) is 97.5 Å². The highest BCUT2D eigenvalue weighted by atomic mass is 32.3. The number of allylic oxidation sites excluding steroid dienone is 8. The number of hydrogen-bond donors (Lipinski definition) is 4. The maximum Gasteiger partial charge on any atom is 0.397 e. The van der Waals surface area contributed by atoms with E-state index in [4.69, 9.17) is 18.9 Å². The number of esters is 1. The monoisotopic (exact) mass is 985 g/mol. The maximum absolute atomic E-state index is 12.9. The second kappa shape index (κ2) is 46.2. The summed E-state index contributed by atoms with van der Waals surface area (Å²) in [5.74, 6) is -0.407. The fourth-order valence-corrected chi connectivity index (χ4v) is 8.88. The molecule has 1 heterocycles. The van der Waals surface area contributed by atoms with Crippen molar-refractivity contribution in [3.63, 3.8) is 0 Å². The van der Waals surface area contributed by atoms with E-state index in [1.807, 2.05) is 0 Å². The number of aliphatic hydroxyl groups excluding tert-OH is 3. The molecule has 0 saturated carbocycles. The number of aliphatic hydroxyl groups is 3. The topological polar surface area (TPSA) is 178 Å². The summed E-state index contributed by atoms with van der Waals surface area (Å²) in [7, 11) is -5.07. The van der Waals surface area contributed by atoms with E-state index in [2.05, 4.69) is 66.6 Å². The Kier molecular flexibility index (Phi) is 43.5. The van der Waals surface area contributed by atoms with Crippen molar-refractivity contribution < 1.29 is 56.2 Å². The van der Waals surface area contributed by atoms with Gasteiger partial charge in [0.05, 0.1) is 19.8 Å². The zero-order valence-corrected chi connectivity index (χ0v) is 43.7. The summed E-state index contributed by atoms with van der Waals surface area (Å²) < 4.78 is 59.3. The van der Waals surface area contributed by atoms with E-state index < -0.39 is 59.8 Å². The summed E-state index contributed by atoms with van der Waals surface area (Å²) in [5, 5.41) is 30.8. The molecular formula is C55H100O12S. The van der Waals surface area contributed by atoms with Crippen LogP contribution in [0.3, 0.4) is 0 Å². The lowest BCUT2D eigenvalue weighted by atomic mass is 9.99. The highest BCUT2D eigenvalue weighted by molar-refractivity contribution is 7.80. The molecule has 398 valence electrons. The molecule has 12 nitrogen and oxygen atoms in total. The zero-order valence-electron chi connectivity index (χ0n) is 42.9. The van der Waals surface area contributed by atoms with Gasteiger partial charge in [-0.25, -0.2) is 4.18 Å². The lowest BCUT2D eigenvalue weighted by Crippen LogP contribution is -2.60. The predicted molar refractivity (Wildman–Crippen MR) is 276 cm³/mol. The smallest absolute Gasteiger partial charge is 0.397 e. The molecule has 0 amide bonds. The van der Waals surface area contributed by atoms with Gasteiger partial charge in [-0.15, -0.1) is 0 Å². The molecule has 0 aliphatic carbocycles. The molecular weight excluding hydrogens is 885 g/mol. The minimum atomic E-state index is -5.07. The van der Waals surface area contributed by atoms with E-state index in [-0.39, 0.29) is 19.6 Å². The van der Waals surface area contributed by atoms with Crippen molar-refractivity contribution in [1.82, 2.24) is 0 Å². The number of hydrogen-bond acceptors (Lipinski definition) is 11. The van der Waals surface area contributed by atoms with Gasteiger partial charge in [-0.3, -0.25) is 9.35 Å². The van der Waals surface area contributed by atoms with Crippen LogP contribution in [0, 0.1) is 0 Å².